The molecular formula is C32H33N4Se+. The van der Waals surface area contributed by atoms with Gasteiger partial charge in [-0.25, -0.2) is 0 Å². The van der Waals surface area contributed by atoms with Gasteiger partial charge in [-0.1, -0.05) is 0 Å². The summed E-state index contributed by atoms with van der Waals surface area (Å²) in [5, 5.41) is 1.31. The van der Waals surface area contributed by atoms with Crippen molar-refractivity contribution in [3.8, 4) is 0 Å². The molecule has 0 fully saturated rings. The van der Waals surface area contributed by atoms with Crippen molar-refractivity contribution in [3.63, 3.8) is 0 Å². The molecule has 2 heterocycles. The fourth-order valence-corrected chi connectivity index (χ4v) is 6.61. The van der Waals surface area contributed by atoms with Crippen LogP contribution in [0, 0.1) is 6.92 Å². The fraction of sp³-hybridized carbons (Fsp3) is 0.188. The van der Waals surface area contributed by atoms with Crippen molar-refractivity contribution in [3.05, 3.63) is 93.7 Å². The third-order valence-corrected chi connectivity index (χ3v) is 8.81. The molecule has 0 saturated carbocycles. The molecule has 2 aromatic heterocycles. The van der Waals surface area contributed by atoms with Crippen molar-refractivity contribution in [1.29, 1.82) is 0 Å². The normalized spacial score (nSPS) is 11.8. The fourth-order valence-electron chi connectivity index (χ4n) is 4.54. The Kier molecular flexibility index (Phi) is 7.01. The van der Waals surface area contributed by atoms with Crippen molar-refractivity contribution in [2.75, 3.05) is 38.0 Å². The van der Waals surface area contributed by atoms with Crippen LogP contribution in [0.25, 0.3) is 45.0 Å². The summed E-state index contributed by atoms with van der Waals surface area (Å²) in [4.78, 5) is 9.07. The third kappa shape index (κ3) is 5.24. The Labute approximate surface area is 225 Å². The van der Waals surface area contributed by atoms with Crippen LogP contribution < -0.4 is 14.4 Å². The first-order chi connectivity index (χ1) is 17.8. The molecule has 0 amide bonds. The zero-order valence-electron chi connectivity index (χ0n) is 22.4. The van der Waals surface area contributed by atoms with E-state index in [4.69, 9.17) is 4.98 Å². The van der Waals surface area contributed by atoms with Gasteiger partial charge in [0.1, 0.15) is 0 Å². The first-order valence-corrected chi connectivity index (χ1v) is 14.2. The molecule has 5 aromatic rings. The van der Waals surface area contributed by atoms with E-state index in [2.05, 4.69) is 148 Å². The summed E-state index contributed by atoms with van der Waals surface area (Å²) in [7, 11) is 10.4. The topological polar surface area (TPSA) is 23.3 Å². The van der Waals surface area contributed by atoms with Gasteiger partial charge >= 0.3 is 212 Å². The molecule has 0 spiro atoms. The van der Waals surface area contributed by atoms with E-state index >= 15 is 0 Å². The second-order valence-electron chi connectivity index (χ2n) is 9.76. The number of pyridine rings is 1. The molecule has 5 heteroatoms. The number of hydrogen-bond donors (Lipinski definition) is 0. The molecule has 186 valence electrons. The second-order valence-corrected chi connectivity index (χ2v) is 12.3. The van der Waals surface area contributed by atoms with E-state index in [0.717, 1.165) is 11.2 Å². The van der Waals surface area contributed by atoms with E-state index in [0.29, 0.717) is 0 Å². The van der Waals surface area contributed by atoms with Gasteiger partial charge in [-0.2, -0.15) is 0 Å². The summed E-state index contributed by atoms with van der Waals surface area (Å²) in [6.45, 7) is 2.15. The molecule has 0 aliphatic heterocycles. The van der Waals surface area contributed by atoms with E-state index in [1.807, 2.05) is 0 Å². The van der Waals surface area contributed by atoms with Gasteiger partial charge in [0.15, 0.2) is 0 Å². The molecule has 4 nitrogen and oxygen atoms in total. The summed E-state index contributed by atoms with van der Waals surface area (Å²) in [5.74, 6) is 0. The van der Waals surface area contributed by atoms with Gasteiger partial charge in [0.05, 0.1) is 0 Å². The number of hydrogen-bond acceptors (Lipinski definition) is 3. The zero-order chi connectivity index (χ0) is 26.1. The minimum absolute atomic E-state index is 0.253. The van der Waals surface area contributed by atoms with E-state index in [-0.39, 0.29) is 14.5 Å². The molecular weight excluding hydrogens is 519 g/mol. The predicted molar refractivity (Wildman–Crippen MR) is 161 cm³/mol. The van der Waals surface area contributed by atoms with Crippen LogP contribution in [0.1, 0.15) is 27.0 Å². The van der Waals surface area contributed by atoms with Crippen molar-refractivity contribution < 1.29 is 4.57 Å². The van der Waals surface area contributed by atoms with Gasteiger partial charge in [0.25, 0.3) is 0 Å². The number of fused-ring (bicyclic) bond motifs is 3. The number of rotatable bonds is 6. The molecule has 0 atom stereocenters. The standard InChI is InChI=1S/C32H33N4Se/c1-22-33-29-19-20-30-31(32(29)37-22)25(13-7-23-8-14-26(15-9-23)34(2)3)21-28(36(30)6)18-12-24-10-16-27(17-11-24)35(4)5/h7-21H,1-6H3/q+1. The number of aryl methyl sites for hydroxylation is 2. The maximum atomic E-state index is 4.82. The van der Waals surface area contributed by atoms with Crippen LogP contribution in [-0.2, 0) is 7.05 Å². The van der Waals surface area contributed by atoms with Crippen LogP contribution in [0.4, 0.5) is 11.4 Å². The van der Waals surface area contributed by atoms with Crippen molar-refractivity contribution >= 4 is 70.9 Å². The third-order valence-electron chi connectivity index (χ3n) is 6.70. The van der Waals surface area contributed by atoms with Gasteiger partial charge < -0.3 is 0 Å². The number of anilines is 2. The molecule has 5 rings (SSSR count). The van der Waals surface area contributed by atoms with Crippen LogP contribution in [0.3, 0.4) is 0 Å². The van der Waals surface area contributed by atoms with Crippen molar-refractivity contribution in [1.82, 2.24) is 4.98 Å². The van der Waals surface area contributed by atoms with Crippen molar-refractivity contribution in [2.24, 2.45) is 7.05 Å². The average molecular weight is 553 g/mol. The Morgan fingerprint density at radius 2 is 1.30 bits per heavy atom. The molecule has 0 aliphatic carbocycles. The quantitative estimate of drug-likeness (QED) is 0.189. The van der Waals surface area contributed by atoms with Gasteiger partial charge in [0, 0.05) is 14.1 Å². The Morgan fingerprint density at radius 3 is 1.86 bits per heavy atom. The van der Waals surface area contributed by atoms with E-state index < -0.39 is 0 Å². The van der Waals surface area contributed by atoms with Crippen LogP contribution in [0.15, 0.2) is 66.7 Å². The Hall–Kier alpha value is -3.66. The van der Waals surface area contributed by atoms with E-state index in [9.17, 15) is 0 Å². The van der Waals surface area contributed by atoms with Gasteiger partial charge in [-0.3, -0.25) is 0 Å². The van der Waals surface area contributed by atoms with Crippen LogP contribution in [0.2, 0.25) is 0 Å². The summed E-state index contributed by atoms with van der Waals surface area (Å²) in [6, 6.07) is 24.0. The Bertz CT molecular complexity index is 1620. The molecule has 0 unspecified atom stereocenters. The van der Waals surface area contributed by atoms with Gasteiger partial charge in [-0.15, -0.1) is 0 Å². The summed E-state index contributed by atoms with van der Waals surface area (Å²) in [6.07, 6.45) is 8.89. The molecule has 3 aromatic carbocycles. The van der Waals surface area contributed by atoms with E-state index in [1.165, 1.54) is 47.8 Å². The number of nitrogens with zero attached hydrogens (tertiary/aromatic N) is 4. The minimum atomic E-state index is 0.253. The van der Waals surface area contributed by atoms with Gasteiger partial charge in [0.2, 0.25) is 0 Å². The Morgan fingerprint density at radius 1 is 0.730 bits per heavy atom. The number of benzene rings is 3. The van der Waals surface area contributed by atoms with Gasteiger partial charge in [-0.05, 0) is 0 Å². The first kappa shape index (κ1) is 25.0. The van der Waals surface area contributed by atoms with E-state index in [1.54, 1.807) is 0 Å². The summed E-state index contributed by atoms with van der Waals surface area (Å²) in [5.41, 5.74) is 9.53. The molecule has 37 heavy (non-hydrogen) atoms. The first-order valence-electron chi connectivity index (χ1n) is 12.4. The zero-order valence-corrected chi connectivity index (χ0v) is 24.1. The molecule has 0 aliphatic rings. The monoisotopic (exact) mass is 553 g/mol. The Balaban J connectivity index is 1.61. The molecule has 0 bridgehead atoms. The molecule has 0 radical (unpaired) electrons. The average Bonchev–Trinajstić information content (AvgIpc) is 3.28. The van der Waals surface area contributed by atoms with Crippen LogP contribution in [0.5, 0.6) is 0 Å². The predicted octanol–water partition coefficient (Wildman–Crippen LogP) is 6.05. The summed E-state index contributed by atoms with van der Waals surface area (Å²) < 4.78 is 4.92. The van der Waals surface area contributed by atoms with Crippen LogP contribution in [-0.4, -0.2) is 47.7 Å². The molecule has 0 N–H and O–H groups in total. The van der Waals surface area contributed by atoms with Crippen molar-refractivity contribution in [2.45, 2.75) is 6.92 Å². The summed E-state index contributed by atoms with van der Waals surface area (Å²) >= 11 is 0.253. The van der Waals surface area contributed by atoms with Crippen LogP contribution >= 0.6 is 0 Å². The number of aromatic nitrogens is 2. The molecule has 0 saturated heterocycles. The second kappa shape index (κ2) is 10.4. The SMILES string of the molecule is Cc1nc2ccc3c(c(/C=C/c4ccc(N(C)C)cc4)cc(/C=C/c4ccc(N(C)C)cc4)[n+]3C)c2[se]1. The maximum absolute atomic E-state index is 4.82.